The molecule has 0 radical (unpaired) electrons. The Morgan fingerprint density at radius 3 is 2.72 bits per heavy atom. The highest BCUT2D eigenvalue weighted by Crippen LogP contribution is 2.22. The predicted octanol–water partition coefficient (Wildman–Crippen LogP) is 3.54. The fourth-order valence-corrected chi connectivity index (χ4v) is 3.97. The van der Waals surface area contributed by atoms with Crippen LogP contribution in [0.2, 0.25) is 0 Å². The lowest BCUT2D eigenvalue weighted by atomic mass is 9.96. The maximum Gasteiger partial charge on any atom is 0.276 e. The van der Waals surface area contributed by atoms with Gasteiger partial charge < -0.3 is 4.90 Å². The summed E-state index contributed by atoms with van der Waals surface area (Å²) in [5.41, 5.74) is 2.78. The van der Waals surface area contributed by atoms with Crippen molar-refractivity contribution >= 4 is 5.91 Å². The van der Waals surface area contributed by atoms with E-state index in [1.165, 1.54) is 12.0 Å². The molecule has 0 saturated carbocycles. The van der Waals surface area contributed by atoms with Gasteiger partial charge in [0.1, 0.15) is 0 Å². The van der Waals surface area contributed by atoms with Crippen molar-refractivity contribution in [3.63, 3.8) is 0 Å². The normalized spacial score (nSPS) is 16.7. The van der Waals surface area contributed by atoms with E-state index in [1.807, 2.05) is 47.5 Å². The van der Waals surface area contributed by atoms with Crippen molar-refractivity contribution in [1.82, 2.24) is 24.9 Å². The predicted molar refractivity (Wildman–Crippen MR) is 111 cm³/mol. The molecule has 150 valence electrons. The van der Waals surface area contributed by atoms with E-state index in [2.05, 4.69) is 27.4 Å². The Balaban J connectivity index is 1.37. The quantitative estimate of drug-likeness (QED) is 0.620. The molecule has 1 aliphatic heterocycles. The average Bonchev–Trinajstić information content (AvgIpc) is 3.26. The molecule has 1 aromatic carbocycles. The van der Waals surface area contributed by atoms with Crippen molar-refractivity contribution in [1.29, 1.82) is 0 Å². The fraction of sp³-hybridized carbons (Fsp3) is 0.391. The fourth-order valence-electron chi connectivity index (χ4n) is 3.97. The van der Waals surface area contributed by atoms with E-state index in [4.69, 9.17) is 0 Å². The largest absolute Gasteiger partial charge is 0.334 e. The van der Waals surface area contributed by atoms with Crippen LogP contribution in [0, 0.1) is 0 Å². The summed E-state index contributed by atoms with van der Waals surface area (Å²) in [5, 5.41) is 8.34. The molecule has 1 amide bonds. The van der Waals surface area contributed by atoms with Gasteiger partial charge in [-0.2, -0.15) is 0 Å². The van der Waals surface area contributed by atoms with Gasteiger partial charge in [-0.1, -0.05) is 41.6 Å². The Labute approximate surface area is 171 Å². The van der Waals surface area contributed by atoms with Crippen molar-refractivity contribution in [2.24, 2.45) is 0 Å². The molecule has 0 aliphatic carbocycles. The van der Waals surface area contributed by atoms with E-state index in [0.29, 0.717) is 12.2 Å². The zero-order chi connectivity index (χ0) is 19.9. The van der Waals surface area contributed by atoms with E-state index < -0.39 is 0 Å². The van der Waals surface area contributed by atoms with Crippen LogP contribution in [0.4, 0.5) is 0 Å². The highest BCUT2D eigenvalue weighted by Gasteiger charge is 2.28. The van der Waals surface area contributed by atoms with Gasteiger partial charge in [0.15, 0.2) is 5.69 Å². The van der Waals surface area contributed by atoms with Gasteiger partial charge in [-0.3, -0.25) is 14.5 Å². The van der Waals surface area contributed by atoms with E-state index in [0.717, 1.165) is 44.3 Å². The van der Waals surface area contributed by atoms with E-state index >= 15 is 0 Å². The molecule has 6 nitrogen and oxygen atoms in total. The molecule has 1 saturated heterocycles. The van der Waals surface area contributed by atoms with Crippen LogP contribution in [0.25, 0.3) is 0 Å². The highest BCUT2D eigenvalue weighted by molar-refractivity contribution is 5.92. The smallest absolute Gasteiger partial charge is 0.276 e. The Kier molecular flexibility index (Phi) is 6.29. The van der Waals surface area contributed by atoms with Crippen molar-refractivity contribution in [3.8, 4) is 0 Å². The third kappa shape index (κ3) is 5.08. The lowest BCUT2D eigenvalue weighted by molar-refractivity contribution is 0.0595. The number of nitrogens with zero attached hydrogens (tertiary/aromatic N) is 5. The lowest BCUT2D eigenvalue weighted by Crippen LogP contribution is -2.44. The van der Waals surface area contributed by atoms with Crippen molar-refractivity contribution in [3.05, 3.63) is 77.9 Å². The third-order valence-corrected chi connectivity index (χ3v) is 5.58. The van der Waals surface area contributed by atoms with Crippen LogP contribution < -0.4 is 0 Å². The molecule has 0 N–H and O–H groups in total. The maximum atomic E-state index is 13.1. The molecule has 3 heterocycles. The summed E-state index contributed by atoms with van der Waals surface area (Å²) in [7, 11) is 0. The number of amides is 1. The maximum absolute atomic E-state index is 13.1. The van der Waals surface area contributed by atoms with Crippen molar-refractivity contribution in [2.45, 2.75) is 51.1 Å². The average molecular weight is 390 g/mol. The van der Waals surface area contributed by atoms with E-state index in [-0.39, 0.29) is 11.9 Å². The molecule has 0 spiro atoms. The molecule has 29 heavy (non-hydrogen) atoms. The van der Waals surface area contributed by atoms with Gasteiger partial charge >= 0.3 is 0 Å². The van der Waals surface area contributed by atoms with Gasteiger partial charge in [0.2, 0.25) is 0 Å². The van der Waals surface area contributed by atoms with Crippen LogP contribution in [-0.2, 0) is 19.4 Å². The Hall–Kier alpha value is -3.02. The summed E-state index contributed by atoms with van der Waals surface area (Å²) in [6.07, 6.45) is 9.57. The molecule has 6 heteroatoms. The van der Waals surface area contributed by atoms with Crippen LogP contribution in [-0.4, -0.2) is 43.4 Å². The summed E-state index contributed by atoms with van der Waals surface area (Å²) >= 11 is 0. The molecule has 0 bridgehead atoms. The van der Waals surface area contributed by atoms with E-state index in [1.54, 1.807) is 10.9 Å². The van der Waals surface area contributed by atoms with Gasteiger partial charge in [0.25, 0.3) is 5.91 Å². The first-order valence-corrected chi connectivity index (χ1v) is 10.4. The molecular weight excluding hydrogens is 362 g/mol. The molecule has 1 unspecified atom stereocenters. The number of pyridine rings is 1. The number of likely N-dealkylation sites (tertiary alicyclic amines) is 1. The summed E-state index contributed by atoms with van der Waals surface area (Å²) in [6.45, 7) is 1.51. The first-order valence-electron chi connectivity index (χ1n) is 10.4. The van der Waals surface area contributed by atoms with Crippen LogP contribution in [0.5, 0.6) is 0 Å². The second-order valence-corrected chi connectivity index (χ2v) is 7.61. The SMILES string of the molecule is O=C(c1cn(CCc2ccccc2)nn1)N1CCCCC1CCc1ccccn1. The number of rotatable bonds is 7. The molecule has 1 fully saturated rings. The van der Waals surface area contributed by atoms with Crippen LogP contribution in [0.1, 0.15) is 47.4 Å². The molecule has 2 aromatic heterocycles. The first-order chi connectivity index (χ1) is 14.3. The zero-order valence-corrected chi connectivity index (χ0v) is 16.7. The van der Waals surface area contributed by atoms with Crippen molar-refractivity contribution in [2.75, 3.05) is 6.54 Å². The number of hydrogen-bond acceptors (Lipinski definition) is 4. The van der Waals surface area contributed by atoms with E-state index in [9.17, 15) is 4.79 Å². The minimum absolute atomic E-state index is 0.00156. The minimum Gasteiger partial charge on any atom is -0.334 e. The molecular formula is C23H27N5O. The Morgan fingerprint density at radius 2 is 1.90 bits per heavy atom. The van der Waals surface area contributed by atoms with Gasteiger partial charge in [0, 0.05) is 31.0 Å². The summed E-state index contributed by atoms with van der Waals surface area (Å²) in [4.78, 5) is 19.5. The number of benzene rings is 1. The zero-order valence-electron chi connectivity index (χ0n) is 16.7. The molecule has 3 aromatic rings. The first kappa shape index (κ1) is 19.3. The van der Waals surface area contributed by atoms with Gasteiger partial charge in [0.05, 0.1) is 6.20 Å². The number of aryl methyl sites for hydroxylation is 3. The van der Waals surface area contributed by atoms with Gasteiger partial charge in [-0.05, 0) is 56.2 Å². The lowest BCUT2D eigenvalue weighted by Gasteiger charge is -2.35. The van der Waals surface area contributed by atoms with Crippen LogP contribution in [0.15, 0.2) is 60.9 Å². The molecule has 4 rings (SSSR count). The Bertz CT molecular complexity index is 909. The molecule has 1 aliphatic rings. The third-order valence-electron chi connectivity index (χ3n) is 5.58. The number of piperidine rings is 1. The molecule has 1 atom stereocenters. The van der Waals surface area contributed by atoms with Crippen molar-refractivity contribution < 1.29 is 4.79 Å². The topological polar surface area (TPSA) is 63.9 Å². The second kappa shape index (κ2) is 9.45. The van der Waals surface area contributed by atoms with Gasteiger partial charge in [-0.15, -0.1) is 5.10 Å². The minimum atomic E-state index is 0.00156. The standard InChI is InChI=1S/C23H27N5O/c29-23(22-18-27(26-25-22)17-14-19-8-2-1-3-9-19)28-16-7-5-11-21(28)13-12-20-10-4-6-15-24-20/h1-4,6,8-10,15,18,21H,5,7,11-14,16-17H2. The number of aromatic nitrogens is 4. The summed E-state index contributed by atoms with van der Waals surface area (Å²) < 4.78 is 1.77. The number of hydrogen-bond donors (Lipinski definition) is 0. The number of carbonyl (C=O) groups excluding carboxylic acids is 1. The van der Waals surface area contributed by atoms with Crippen LogP contribution in [0.3, 0.4) is 0 Å². The Morgan fingerprint density at radius 1 is 1.03 bits per heavy atom. The monoisotopic (exact) mass is 389 g/mol. The number of carbonyl (C=O) groups is 1. The second-order valence-electron chi connectivity index (χ2n) is 7.61. The summed E-state index contributed by atoms with van der Waals surface area (Å²) in [6, 6.07) is 16.5. The summed E-state index contributed by atoms with van der Waals surface area (Å²) in [5.74, 6) is 0.00156. The highest BCUT2D eigenvalue weighted by atomic mass is 16.2. The van der Waals surface area contributed by atoms with Crippen LogP contribution >= 0.6 is 0 Å². The van der Waals surface area contributed by atoms with Gasteiger partial charge in [-0.25, -0.2) is 0 Å².